The van der Waals surface area contributed by atoms with Gasteiger partial charge in [-0.25, -0.2) is 0 Å². The number of rotatable bonds is 23. The first-order valence-corrected chi connectivity index (χ1v) is 28.9. The molecule has 0 aliphatic carbocycles. The average molecular weight is 839 g/mol. The van der Waals surface area contributed by atoms with Gasteiger partial charge in [0, 0.05) is 39.0 Å². The maximum Gasteiger partial charge on any atom is 0.173 e. The number of nitriles is 4. The molecule has 0 amide bonds. The summed E-state index contributed by atoms with van der Waals surface area (Å²) in [5.41, 5.74) is 2.20. The van der Waals surface area contributed by atoms with Crippen LogP contribution >= 0.6 is 45.3 Å². The zero-order valence-corrected chi connectivity index (χ0v) is 38.6. The standard InChI is InChI=1S/C44H54N4OS4Si2/c1-6-7-8-15-18-35(33(29-45)30-46)37-20-22-39(50-37)41-24-26-43(52-41)44-27-25-42(53-44)40-23-21-38(51-40)36(34(31-47)32-48)19-16-13-11-9-10-12-14-17-28-55(4,5)49-54(2)3/h20-27,54H,6-19,28H2,1-5H3. The molecule has 4 aromatic heterocycles. The normalized spacial score (nSPS) is 11.2. The summed E-state index contributed by atoms with van der Waals surface area (Å²) in [5.74, 6) is 0. The summed E-state index contributed by atoms with van der Waals surface area (Å²) in [6.07, 6.45) is 15.6. The summed E-state index contributed by atoms with van der Waals surface area (Å²) in [7, 11) is -2.40. The van der Waals surface area contributed by atoms with Crippen LogP contribution in [0.4, 0.5) is 0 Å². The van der Waals surface area contributed by atoms with Gasteiger partial charge in [0.05, 0.1) is 0 Å². The van der Waals surface area contributed by atoms with Crippen LogP contribution in [0, 0.1) is 45.3 Å². The topological polar surface area (TPSA) is 104 Å². The first-order chi connectivity index (χ1) is 26.6. The predicted octanol–water partition coefficient (Wildman–Crippen LogP) is 15.2. The van der Waals surface area contributed by atoms with Gasteiger partial charge in [-0.15, -0.1) is 45.3 Å². The molecule has 0 unspecified atom stereocenters. The first kappa shape index (κ1) is 44.3. The van der Waals surface area contributed by atoms with Gasteiger partial charge < -0.3 is 4.12 Å². The Kier molecular flexibility index (Phi) is 18.6. The largest absolute Gasteiger partial charge is 0.458 e. The minimum atomic E-state index is -1.46. The average Bonchev–Trinajstić information content (AvgIpc) is 4.00. The number of hydrogen-bond acceptors (Lipinski definition) is 9. The zero-order chi connectivity index (χ0) is 39.6. The second-order valence-electron chi connectivity index (χ2n) is 14.9. The lowest BCUT2D eigenvalue weighted by atomic mass is 10.00. The molecule has 55 heavy (non-hydrogen) atoms. The molecule has 5 nitrogen and oxygen atoms in total. The molecule has 0 spiro atoms. The summed E-state index contributed by atoms with van der Waals surface area (Å²) in [6, 6.07) is 26.9. The third-order valence-corrected chi connectivity index (χ3v) is 20.6. The number of allylic oxidation sites excluding steroid dienone is 4. The number of unbranched alkanes of at least 4 members (excludes halogenated alkanes) is 10. The van der Waals surface area contributed by atoms with Crippen molar-refractivity contribution < 1.29 is 4.12 Å². The molecule has 0 N–H and O–H groups in total. The molecule has 0 saturated carbocycles. The van der Waals surface area contributed by atoms with Gasteiger partial charge in [0.15, 0.2) is 17.4 Å². The van der Waals surface area contributed by atoms with Crippen LogP contribution in [-0.2, 0) is 4.12 Å². The first-order valence-electron chi connectivity index (χ1n) is 19.8. The van der Waals surface area contributed by atoms with Gasteiger partial charge >= 0.3 is 0 Å². The highest BCUT2D eigenvalue weighted by molar-refractivity contribution is 7.28. The van der Waals surface area contributed by atoms with Crippen LogP contribution in [0.25, 0.3) is 40.4 Å². The predicted molar refractivity (Wildman–Crippen MR) is 243 cm³/mol. The van der Waals surface area contributed by atoms with E-state index in [1.54, 1.807) is 45.3 Å². The maximum absolute atomic E-state index is 9.81. The number of hydrogen-bond donors (Lipinski definition) is 0. The van der Waals surface area contributed by atoms with Crippen molar-refractivity contribution in [2.45, 2.75) is 129 Å². The lowest BCUT2D eigenvalue weighted by molar-refractivity contribution is 0.548. The second kappa shape index (κ2) is 23.0. The summed E-state index contributed by atoms with van der Waals surface area (Å²) >= 11 is 6.84. The Morgan fingerprint density at radius 1 is 0.527 bits per heavy atom. The fourth-order valence-corrected chi connectivity index (χ4v) is 18.0. The van der Waals surface area contributed by atoms with Crippen LogP contribution in [0.1, 0.15) is 107 Å². The maximum atomic E-state index is 9.81. The van der Waals surface area contributed by atoms with E-state index in [0.29, 0.717) is 0 Å². The minimum absolute atomic E-state index is 0.223. The van der Waals surface area contributed by atoms with Gasteiger partial charge in [0.2, 0.25) is 0 Å². The van der Waals surface area contributed by atoms with Crippen molar-refractivity contribution in [1.82, 2.24) is 0 Å². The molecule has 11 heteroatoms. The number of nitrogens with zero attached hydrogens (tertiary/aromatic N) is 4. The van der Waals surface area contributed by atoms with Gasteiger partial charge in [-0.2, -0.15) is 21.0 Å². The molecule has 0 aliphatic heterocycles. The van der Waals surface area contributed by atoms with E-state index < -0.39 is 17.4 Å². The Morgan fingerprint density at radius 3 is 1.25 bits per heavy atom. The fraction of sp³-hybridized carbons (Fsp3) is 0.455. The Balaban J connectivity index is 1.33. The van der Waals surface area contributed by atoms with Crippen LogP contribution in [0.2, 0.25) is 32.2 Å². The summed E-state index contributed by atoms with van der Waals surface area (Å²) in [6.45, 7) is 11.5. The van der Waals surface area contributed by atoms with Gasteiger partial charge in [-0.1, -0.05) is 71.1 Å². The molecule has 0 aromatic carbocycles. The fourth-order valence-electron chi connectivity index (χ4n) is 6.87. The van der Waals surface area contributed by atoms with Crippen molar-refractivity contribution in [1.29, 1.82) is 21.0 Å². The molecule has 0 saturated heterocycles. The molecular formula is C44H54N4OS4Si2. The third kappa shape index (κ3) is 13.7. The third-order valence-electron chi connectivity index (χ3n) is 9.59. The van der Waals surface area contributed by atoms with Crippen LogP contribution in [-0.4, -0.2) is 17.4 Å². The van der Waals surface area contributed by atoms with Crippen LogP contribution in [0.5, 0.6) is 0 Å². The molecule has 4 heterocycles. The Bertz CT molecular complexity index is 2040. The Labute approximate surface area is 348 Å². The smallest absolute Gasteiger partial charge is 0.173 e. The molecule has 4 aromatic rings. The van der Waals surface area contributed by atoms with Crippen LogP contribution in [0.3, 0.4) is 0 Å². The number of thiophene rings is 4. The molecule has 0 bridgehead atoms. The van der Waals surface area contributed by atoms with E-state index in [1.807, 2.05) is 0 Å². The van der Waals surface area contributed by atoms with Gasteiger partial charge in [0.25, 0.3) is 0 Å². The highest BCUT2D eigenvalue weighted by Crippen LogP contribution is 2.45. The Morgan fingerprint density at radius 2 is 0.873 bits per heavy atom. The summed E-state index contributed by atoms with van der Waals surface area (Å²) in [4.78, 5) is 9.05. The molecule has 0 aliphatic rings. The Hall–Kier alpha value is -3.37. The van der Waals surface area contributed by atoms with Crippen LogP contribution < -0.4 is 0 Å². The molecule has 0 radical (unpaired) electrons. The zero-order valence-electron chi connectivity index (χ0n) is 33.1. The minimum Gasteiger partial charge on any atom is -0.458 e. The van der Waals surface area contributed by atoms with Gasteiger partial charge in [-0.3, -0.25) is 0 Å². The van der Waals surface area contributed by atoms with E-state index in [4.69, 9.17) is 4.12 Å². The monoisotopic (exact) mass is 838 g/mol. The molecule has 0 fully saturated rings. The van der Waals surface area contributed by atoms with E-state index in [2.05, 4.69) is 106 Å². The van der Waals surface area contributed by atoms with E-state index in [1.165, 1.54) is 64.1 Å². The van der Waals surface area contributed by atoms with Crippen molar-refractivity contribution in [2.24, 2.45) is 0 Å². The highest BCUT2D eigenvalue weighted by atomic mass is 32.1. The van der Waals surface area contributed by atoms with Crippen molar-refractivity contribution >= 4 is 73.9 Å². The second-order valence-corrected chi connectivity index (χ2v) is 26.3. The SMILES string of the molecule is CCCCCCC(=C(C#N)C#N)c1ccc(-c2ccc(-c3ccc(-c4ccc(C(CCCCCCCCCC[Si](C)(C)O[SiH](C)C)=C(C#N)C#N)s4)s3)s2)s1. The van der Waals surface area contributed by atoms with Crippen LogP contribution in [0.15, 0.2) is 59.7 Å². The quantitative estimate of drug-likeness (QED) is 0.0420. The molecule has 0 atom stereocenters. The lowest BCUT2D eigenvalue weighted by Crippen LogP contribution is -2.34. The summed E-state index contributed by atoms with van der Waals surface area (Å²) in [5, 5.41) is 38.9. The molecule has 4 rings (SSSR count). The van der Waals surface area contributed by atoms with E-state index in [0.717, 1.165) is 82.0 Å². The van der Waals surface area contributed by atoms with Crippen molar-refractivity contribution in [2.75, 3.05) is 0 Å². The van der Waals surface area contributed by atoms with Crippen molar-refractivity contribution in [3.63, 3.8) is 0 Å². The lowest BCUT2D eigenvalue weighted by Gasteiger charge is -2.25. The molecular weight excluding hydrogens is 785 g/mol. The molecule has 288 valence electrons. The van der Waals surface area contributed by atoms with Gasteiger partial charge in [-0.05, 0) is 118 Å². The van der Waals surface area contributed by atoms with E-state index in [-0.39, 0.29) is 11.1 Å². The van der Waals surface area contributed by atoms with Gasteiger partial charge in [0.1, 0.15) is 35.4 Å². The van der Waals surface area contributed by atoms with Crippen molar-refractivity contribution in [3.05, 3.63) is 69.4 Å². The highest BCUT2D eigenvalue weighted by Gasteiger charge is 2.23. The summed E-state index contributed by atoms with van der Waals surface area (Å²) < 4.78 is 6.30. The van der Waals surface area contributed by atoms with E-state index >= 15 is 0 Å². The van der Waals surface area contributed by atoms with E-state index in [9.17, 15) is 21.0 Å². The van der Waals surface area contributed by atoms with Crippen molar-refractivity contribution in [3.8, 4) is 53.5 Å².